The molecule has 0 heterocycles. The van der Waals surface area contributed by atoms with Gasteiger partial charge in [0.15, 0.2) is 0 Å². The van der Waals surface area contributed by atoms with Gasteiger partial charge in [0.25, 0.3) is 0 Å². The second-order valence-electron chi connectivity index (χ2n) is 4.44. The lowest BCUT2D eigenvalue weighted by Gasteiger charge is -2.04. The van der Waals surface area contributed by atoms with Crippen molar-refractivity contribution < 1.29 is 0 Å². The fraction of sp³-hybridized carbons (Fsp3) is 0.600. The van der Waals surface area contributed by atoms with Gasteiger partial charge >= 0.3 is 0 Å². The van der Waals surface area contributed by atoms with Gasteiger partial charge in [0, 0.05) is 0 Å². The van der Waals surface area contributed by atoms with Crippen LogP contribution < -0.4 is 0 Å². The Bertz CT molecular complexity index is 241. The summed E-state index contributed by atoms with van der Waals surface area (Å²) in [5.41, 5.74) is 2.96. The van der Waals surface area contributed by atoms with Gasteiger partial charge in [0.05, 0.1) is 0 Å². The second-order valence-corrected chi connectivity index (χ2v) is 4.44. The minimum Gasteiger partial charge on any atom is -0.0914 e. The average Bonchev–Trinajstić information content (AvgIpc) is 2.18. The predicted molar refractivity (Wildman–Crippen MR) is 71.0 cm³/mol. The van der Waals surface area contributed by atoms with Gasteiger partial charge in [-0.15, -0.1) is 0 Å². The quantitative estimate of drug-likeness (QED) is 0.518. The highest BCUT2D eigenvalue weighted by atomic mass is 14.0. The molecule has 15 heavy (non-hydrogen) atoms. The summed E-state index contributed by atoms with van der Waals surface area (Å²) >= 11 is 0. The van der Waals surface area contributed by atoms with Crippen molar-refractivity contribution in [1.29, 1.82) is 0 Å². The number of hydrogen-bond acceptors (Lipinski definition) is 0. The van der Waals surface area contributed by atoms with E-state index in [0.29, 0.717) is 5.92 Å². The molecule has 0 saturated heterocycles. The highest BCUT2D eigenvalue weighted by Gasteiger charge is 1.95. The molecule has 0 N–H and O–H groups in total. The Kier molecular flexibility index (Phi) is 8.08. The second kappa shape index (κ2) is 8.52. The lowest BCUT2D eigenvalue weighted by molar-refractivity contribution is 0.655. The molecule has 1 atom stereocenters. The normalized spacial score (nSPS) is 16.1. The molecule has 0 radical (unpaired) electrons. The first kappa shape index (κ1) is 14.2. The molecular weight excluding hydrogens is 180 g/mol. The topological polar surface area (TPSA) is 0 Å². The lowest BCUT2D eigenvalue weighted by atomic mass is 10.0. The molecule has 0 aliphatic rings. The molecule has 0 aliphatic heterocycles. The summed E-state index contributed by atoms with van der Waals surface area (Å²) in [4.78, 5) is 0. The van der Waals surface area contributed by atoms with Crippen LogP contribution in [0.2, 0.25) is 0 Å². The molecule has 0 bridgehead atoms. The van der Waals surface area contributed by atoms with E-state index in [-0.39, 0.29) is 0 Å². The molecule has 0 aromatic heterocycles. The molecule has 0 nitrogen and oxygen atoms in total. The van der Waals surface area contributed by atoms with Gasteiger partial charge < -0.3 is 0 Å². The molecule has 0 saturated carbocycles. The van der Waals surface area contributed by atoms with Crippen LogP contribution in [0.15, 0.2) is 35.5 Å². The van der Waals surface area contributed by atoms with Crippen molar-refractivity contribution in [2.45, 2.75) is 53.9 Å². The van der Waals surface area contributed by atoms with Crippen molar-refractivity contribution in [3.05, 3.63) is 35.5 Å². The first-order valence-electron chi connectivity index (χ1n) is 6.00. The van der Waals surface area contributed by atoms with Crippen molar-refractivity contribution in [2.75, 3.05) is 0 Å². The van der Waals surface area contributed by atoms with Gasteiger partial charge in [-0.05, 0) is 52.9 Å². The Morgan fingerprint density at radius 1 is 1.13 bits per heavy atom. The van der Waals surface area contributed by atoms with Crippen molar-refractivity contribution in [2.24, 2.45) is 5.92 Å². The van der Waals surface area contributed by atoms with E-state index in [2.05, 4.69) is 58.9 Å². The van der Waals surface area contributed by atoms with Crippen LogP contribution in [0.4, 0.5) is 0 Å². The molecule has 0 spiro atoms. The summed E-state index contributed by atoms with van der Waals surface area (Å²) in [5.74, 6) is 0.710. The van der Waals surface area contributed by atoms with Crippen molar-refractivity contribution in [3.8, 4) is 0 Å². The smallest absolute Gasteiger partial charge is 0.0114 e. The van der Waals surface area contributed by atoms with Gasteiger partial charge in [0.2, 0.25) is 0 Å². The largest absolute Gasteiger partial charge is 0.0914 e. The third kappa shape index (κ3) is 8.23. The number of hydrogen-bond donors (Lipinski definition) is 0. The van der Waals surface area contributed by atoms with E-state index in [1.165, 1.54) is 24.0 Å². The zero-order chi connectivity index (χ0) is 11.7. The first-order valence-corrected chi connectivity index (χ1v) is 6.00. The van der Waals surface area contributed by atoms with Crippen LogP contribution in [-0.4, -0.2) is 0 Å². The van der Waals surface area contributed by atoms with Crippen LogP contribution in [0.5, 0.6) is 0 Å². The first-order chi connectivity index (χ1) is 7.10. The fourth-order valence-corrected chi connectivity index (χ4v) is 1.63. The molecule has 0 aromatic carbocycles. The molecule has 0 rings (SSSR count). The van der Waals surface area contributed by atoms with Gasteiger partial charge in [-0.25, -0.2) is 0 Å². The SMILES string of the molecule is CC=CC(C)CCC=C(C)CC(C)=CC. The van der Waals surface area contributed by atoms with Gasteiger partial charge in [-0.1, -0.05) is 42.4 Å². The van der Waals surface area contributed by atoms with E-state index >= 15 is 0 Å². The van der Waals surface area contributed by atoms with Crippen molar-refractivity contribution >= 4 is 0 Å². The summed E-state index contributed by atoms with van der Waals surface area (Å²) in [7, 11) is 0. The Morgan fingerprint density at radius 3 is 2.33 bits per heavy atom. The maximum atomic E-state index is 2.38. The maximum Gasteiger partial charge on any atom is -0.0114 e. The standard InChI is InChI=1S/C15H26/c1-6-9-14(4)10-8-11-15(5)12-13(3)7-2/h6-7,9,11,14H,8,10,12H2,1-5H3. The third-order valence-corrected chi connectivity index (χ3v) is 2.69. The highest BCUT2D eigenvalue weighted by Crippen LogP contribution is 2.13. The minimum atomic E-state index is 0.710. The summed E-state index contributed by atoms with van der Waals surface area (Å²) in [5, 5.41) is 0. The van der Waals surface area contributed by atoms with Crippen LogP contribution in [0.1, 0.15) is 53.9 Å². The van der Waals surface area contributed by atoms with Gasteiger partial charge in [-0.2, -0.15) is 0 Å². The monoisotopic (exact) mass is 206 g/mol. The van der Waals surface area contributed by atoms with Crippen molar-refractivity contribution in [3.63, 3.8) is 0 Å². The van der Waals surface area contributed by atoms with E-state index in [0.717, 1.165) is 6.42 Å². The Morgan fingerprint density at radius 2 is 1.80 bits per heavy atom. The van der Waals surface area contributed by atoms with E-state index in [4.69, 9.17) is 0 Å². The molecule has 86 valence electrons. The molecule has 0 aromatic rings. The zero-order valence-corrected chi connectivity index (χ0v) is 11.0. The summed E-state index contributed by atoms with van der Waals surface area (Å²) in [6.07, 6.45) is 12.6. The van der Waals surface area contributed by atoms with Gasteiger partial charge in [0.1, 0.15) is 0 Å². The van der Waals surface area contributed by atoms with Crippen LogP contribution in [0.3, 0.4) is 0 Å². The molecule has 0 amide bonds. The average molecular weight is 206 g/mol. The van der Waals surface area contributed by atoms with E-state index in [9.17, 15) is 0 Å². The molecule has 0 heteroatoms. The Balaban J connectivity index is 3.86. The van der Waals surface area contributed by atoms with Crippen LogP contribution in [0.25, 0.3) is 0 Å². The van der Waals surface area contributed by atoms with E-state index < -0.39 is 0 Å². The van der Waals surface area contributed by atoms with Crippen LogP contribution in [0, 0.1) is 5.92 Å². The van der Waals surface area contributed by atoms with E-state index in [1.807, 2.05) is 0 Å². The minimum absolute atomic E-state index is 0.710. The zero-order valence-electron chi connectivity index (χ0n) is 11.0. The Hall–Kier alpha value is -0.780. The fourth-order valence-electron chi connectivity index (χ4n) is 1.63. The number of rotatable bonds is 6. The van der Waals surface area contributed by atoms with E-state index in [1.54, 1.807) is 0 Å². The lowest BCUT2D eigenvalue weighted by Crippen LogP contribution is -1.88. The summed E-state index contributed by atoms with van der Waals surface area (Å²) in [6.45, 7) is 10.9. The Labute approximate surface area is 95.8 Å². The molecular formula is C15H26. The van der Waals surface area contributed by atoms with Crippen molar-refractivity contribution in [1.82, 2.24) is 0 Å². The van der Waals surface area contributed by atoms with Crippen LogP contribution >= 0.6 is 0 Å². The molecule has 1 unspecified atom stereocenters. The molecule has 0 fully saturated rings. The molecule has 0 aliphatic carbocycles. The summed E-state index contributed by atoms with van der Waals surface area (Å²) in [6, 6.07) is 0. The van der Waals surface area contributed by atoms with Crippen LogP contribution in [-0.2, 0) is 0 Å². The maximum absolute atomic E-state index is 2.38. The number of allylic oxidation sites excluding steroid dienone is 6. The predicted octanol–water partition coefficient (Wildman–Crippen LogP) is 5.28. The highest BCUT2D eigenvalue weighted by molar-refractivity contribution is 5.11. The summed E-state index contributed by atoms with van der Waals surface area (Å²) < 4.78 is 0. The van der Waals surface area contributed by atoms with Gasteiger partial charge in [-0.3, -0.25) is 0 Å². The third-order valence-electron chi connectivity index (χ3n) is 2.69.